The fraction of sp³-hybridized carbons (Fsp3) is 0.267. The van der Waals surface area contributed by atoms with Gasteiger partial charge < -0.3 is 15.7 Å². The predicted octanol–water partition coefficient (Wildman–Crippen LogP) is 2.58. The highest BCUT2D eigenvalue weighted by molar-refractivity contribution is 9.10. The van der Waals surface area contributed by atoms with Gasteiger partial charge in [0.15, 0.2) is 5.69 Å². The Kier molecular flexibility index (Phi) is 6.36. The van der Waals surface area contributed by atoms with Crippen molar-refractivity contribution in [3.05, 3.63) is 45.0 Å². The number of nitrogens with zero attached hydrogens (tertiary/aromatic N) is 1. The van der Waals surface area contributed by atoms with E-state index in [0.717, 1.165) is 0 Å². The summed E-state index contributed by atoms with van der Waals surface area (Å²) < 4.78 is 0.331. The third-order valence-corrected chi connectivity index (χ3v) is 4.23. The molecule has 1 aromatic heterocycles. The van der Waals surface area contributed by atoms with E-state index in [2.05, 4.69) is 36.8 Å². The lowest BCUT2D eigenvalue weighted by Gasteiger charge is -2.06. The van der Waals surface area contributed by atoms with Gasteiger partial charge in [0.2, 0.25) is 0 Å². The summed E-state index contributed by atoms with van der Waals surface area (Å²) in [7, 11) is 0. The van der Waals surface area contributed by atoms with Gasteiger partial charge in [0.1, 0.15) is 5.82 Å². The van der Waals surface area contributed by atoms with Crippen LogP contribution in [-0.4, -0.2) is 39.8 Å². The van der Waals surface area contributed by atoms with Gasteiger partial charge in [-0.25, -0.2) is 0 Å². The van der Waals surface area contributed by atoms with E-state index in [1.165, 1.54) is 0 Å². The molecule has 1 heterocycles. The number of H-pyrrole nitrogens is 1. The summed E-state index contributed by atoms with van der Waals surface area (Å²) in [4.78, 5) is 24.3. The molecule has 2 rings (SSSR count). The molecule has 0 aliphatic carbocycles. The van der Waals surface area contributed by atoms with Crippen LogP contribution in [0.3, 0.4) is 0 Å². The summed E-state index contributed by atoms with van der Waals surface area (Å²) in [6, 6.07) is 6.62. The van der Waals surface area contributed by atoms with E-state index in [4.69, 9.17) is 11.6 Å². The summed E-state index contributed by atoms with van der Waals surface area (Å²) in [5, 5.41) is 21.2. The molecular weight excluding hydrogens is 400 g/mol. The van der Waals surface area contributed by atoms with Gasteiger partial charge in [-0.1, -0.05) is 23.7 Å². The number of hydrogen-bond acceptors (Lipinski definition) is 4. The Hall–Kier alpha value is -1.90. The van der Waals surface area contributed by atoms with E-state index in [-0.39, 0.29) is 11.5 Å². The molecule has 7 nitrogen and oxygen atoms in total. The Labute approximate surface area is 151 Å². The molecule has 0 bridgehead atoms. The maximum Gasteiger partial charge on any atom is 0.273 e. The maximum atomic E-state index is 12.2. The molecule has 0 radical (unpaired) electrons. The van der Waals surface area contributed by atoms with E-state index < -0.39 is 17.9 Å². The Balaban J connectivity index is 2.06. The second-order valence-electron chi connectivity index (χ2n) is 5.09. The molecular formula is C15H16BrClN4O3. The average molecular weight is 416 g/mol. The predicted molar refractivity (Wildman–Crippen MR) is 94.3 cm³/mol. The molecule has 0 saturated carbocycles. The van der Waals surface area contributed by atoms with Crippen molar-refractivity contribution in [3.63, 3.8) is 0 Å². The van der Waals surface area contributed by atoms with Gasteiger partial charge >= 0.3 is 0 Å². The van der Waals surface area contributed by atoms with Crippen LogP contribution < -0.4 is 10.6 Å². The number of carbonyl (C=O) groups excluding carboxylic acids is 2. The van der Waals surface area contributed by atoms with Gasteiger partial charge in [0.25, 0.3) is 11.8 Å². The highest BCUT2D eigenvalue weighted by Crippen LogP contribution is 2.25. The fourth-order valence-corrected chi connectivity index (χ4v) is 2.54. The number of hydrogen-bond donors (Lipinski definition) is 4. The lowest BCUT2D eigenvalue weighted by molar-refractivity contribution is 0.0938. The van der Waals surface area contributed by atoms with Crippen LogP contribution in [0.15, 0.2) is 28.7 Å². The number of aromatic amines is 1. The van der Waals surface area contributed by atoms with E-state index in [9.17, 15) is 14.7 Å². The highest BCUT2D eigenvalue weighted by Gasteiger charge is 2.20. The van der Waals surface area contributed by atoms with Crippen molar-refractivity contribution >= 4 is 45.2 Å². The molecule has 24 heavy (non-hydrogen) atoms. The quantitative estimate of drug-likeness (QED) is 0.581. The lowest BCUT2D eigenvalue weighted by atomic mass is 10.2. The second kappa shape index (κ2) is 8.27. The van der Waals surface area contributed by atoms with E-state index in [1.54, 1.807) is 31.2 Å². The van der Waals surface area contributed by atoms with Gasteiger partial charge in [0, 0.05) is 6.54 Å². The molecule has 0 aliphatic heterocycles. The molecule has 1 aromatic carbocycles. The van der Waals surface area contributed by atoms with Crippen LogP contribution in [0.5, 0.6) is 0 Å². The first-order chi connectivity index (χ1) is 11.4. The molecule has 9 heteroatoms. The number of aliphatic hydroxyl groups is 1. The maximum absolute atomic E-state index is 12.2. The number of anilines is 1. The highest BCUT2D eigenvalue weighted by atomic mass is 79.9. The van der Waals surface area contributed by atoms with Crippen LogP contribution in [0.25, 0.3) is 0 Å². The number of benzene rings is 1. The fourth-order valence-electron chi connectivity index (χ4n) is 1.87. The van der Waals surface area contributed by atoms with Crippen molar-refractivity contribution < 1.29 is 14.7 Å². The molecule has 0 fully saturated rings. The SMILES string of the molecule is CC(O)CCNC(=O)c1n[nH]c(NC(=O)c2ccccc2Cl)c1Br. The molecule has 1 atom stereocenters. The summed E-state index contributed by atoms with van der Waals surface area (Å²) in [6.07, 6.45) is -0.0671. The van der Waals surface area contributed by atoms with Crippen LogP contribution >= 0.6 is 27.5 Å². The van der Waals surface area contributed by atoms with Crippen LogP contribution in [0.2, 0.25) is 5.02 Å². The standard InChI is InChI=1S/C15H16BrClN4O3/c1-8(22)6-7-18-15(24)12-11(16)13(21-20-12)19-14(23)9-4-2-3-5-10(9)17/h2-5,8,22H,6-7H2,1H3,(H,18,24)(H2,19,20,21,23). The van der Waals surface area contributed by atoms with Gasteiger partial charge in [0.05, 0.1) is 21.2 Å². The second-order valence-corrected chi connectivity index (χ2v) is 6.29. The average Bonchev–Trinajstić information content (AvgIpc) is 2.88. The van der Waals surface area contributed by atoms with Crippen molar-refractivity contribution in [2.45, 2.75) is 19.4 Å². The molecule has 0 spiro atoms. The normalized spacial score (nSPS) is 11.8. The minimum atomic E-state index is -0.501. The van der Waals surface area contributed by atoms with Crippen LogP contribution in [0.4, 0.5) is 5.82 Å². The monoisotopic (exact) mass is 414 g/mol. The van der Waals surface area contributed by atoms with Gasteiger partial charge in [-0.2, -0.15) is 5.10 Å². The van der Waals surface area contributed by atoms with Gasteiger partial charge in [-0.05, 0) is 41.4 Å². The first kappa shape index (κ1) is 18.4. The van der Waals surface area contributed by atoms with Gasteiger partial charge in [-0.15, -0.1) is 0 Å². The van der Waals surface area contributed by atoms with E-state index in [1.807, 2.05) is 0 Å². The topological polar surface area (TPSA) is 107 Å². The van der Waals surface area contributed by atoms with E-state index in [0.29, 0.717) is 28.0 Å². The minimum Gasteiger partial charge on any atom is -0.393 e. The van der Waals surface area contributed by atoms with Crippen molar-refractivity contribution in [3.8, 4) is 0 Å². The number of rotatable bonds is 6. The van der Waals surface area contributed by atoms with Crippen molar-refractivity contribution in [2.75, 3.05) is 11.9 Å². The number of amides is 2. The molecule has 0 saturated heterocycles. The Morgan fingerprint density at radius 2 is 2.08 bits per heavy atom. The zero-order valence-electron chi connectivity index (χ0n) is 12.8. The lowest BCUT2D eigenvalue weighted by Crippen LogP contribution is -2.27. The summed E-state index contributed by atoms with van der Waals surface area (Å²) in [5.74, 6) is -0.594. The summed E-state index contributed by atoms with van der Waals surface area (Å²) >= 11 is 9.22. The Bertz CT molecular complexity index is 748. The third-order valence-electron chi connectivity index (χ3n) is 3.13. The zero-order chi connectivity index (χ0) is 17.7. The Morgan fingerprint density at radius 3 is 2.75 bits per heavy atom. The zero-order valence-corrected chi connectivity index (χ0v) is 15.1. The number of nitrogens with one attached hydrogen (secondary N) is 3. The largest absolute Gasteiger partial charge is 0.393 e. The molecule has 2 amide bonds. The molecule has 1 unspecified atom stereocenters. The third kappa shape index (κ3) is 4.56. The number of halogens is 2. The smallest absolute Gasteiger partial charge is 0.273 e. The summed E-state index contributed by atoms with van der Waals surface area (Å²) in [6.45, 7) is 1.95. The molecule has 2 aromatic rings. The number of aromatic nitrogens is 2. The molecule has 128 valence electrons. The minimum absolute atomic E-state index is 0.107. The molecule has 4 N–H and O–H groups in total. The van der Waals surface area contributed by atoms with E-state index >= 15 is 0 Å². The van der Waals surface area contributed by atoms with Crippen LogP contribution in [0.1, 0.15) is 34.2 Å². The Morgan fingerprint density at radius 1 is 1.38 bits per heavy atom. The van der Waals surface area contributed by atoms with Crippen LogP contribution in [-0.2, 0) is 0 Å². The molecule has 0 aliphatic rings. The number of carbonyl (C=O) groups is 2. The number of aliphatic hydroxyl groups excluding tert-OH is 1. The van der Waals surface area contributed by atoms with Crippen molar-refractivity contribution in [2.24, 2.45) is 0 Å². The van der Waals surface area contributed by atoms with Crippen molar-refractivity contribution in [1.29, 1.82) is 0 Å². The van der Waals surface area contributed by atoms with Gasteiger partial charge in [-0.3, -0.25) is 14.7 Å². The van der Waals surface area contributed by atoms with Crippen LogP contribution in [0, 0.1) is 0 Å². The first-order valence-electron chi connectivity index (χ1n) is 7.16. The first-order valence-corrected chi connectivity index (χ1v) is 8.33. The summed E-state index contributed by atoms with van der Waals surface area (Å²) in [5.41, 5.74) is 0.415. The van der Waals surface area contributed by atoms with Crippen molar-refractivity contribution in [1.82, 2.24) is 15.5 Å².